The zero-order chi connectivity index (χ0) is 14.5. The lowest BCUT2D eigenvalue weighted by atomic mass is 9.90. The van der Waals surface area contributed by atoms with E-state index in [0.29, 0.717) is 18.0 Å². The number of ether oxygens (including phenoxy) is 2. The molecule has 2 amide bonds. The van der Waals surface area contributed by atoms with Crippen LogP contribution in [0.1, 0.15) is 31.9 Å². The van der Waals surface area contributed by atoms with Crippen LogP contribution in [0.3, 0.4) is 0 Å². The number of methoxy groups -OCH3 is 1. The number of urea groups is 1. The smallest absolute Gasteiger partial charge is 0.320 e. The van der Waals surface area contributed by atoms with Gasteiger partial charge in [-0.2, -0.15) is 0 Å². The number of rotatable bonds is 2. The largest absolute Gasteiger partial charge is 0.493 e. The summed E-state index contributed by atoms with van der Waals surface area (Å²) in [6, 6.07) is 3.71. The number of nitrogens with one attached hydrogen (secondary N) is 1. The molecule has 2 aliphatic rings. The van der Waals surface area contributed by atoms with E-state index in [-0.39, 0.29) is 12.1 Å². The summed E-state index contributed by atoms with van der Waals surface area (Å²) in [7, 11) is 1.62. The van der Waals surface area contributed by atoms with Gasteiger partial charge in [0.2, 0.25) is 0 Å². The fourth-order valence-corrected chi connectivity index (χ4v) is 3.53. The van der Waals surface area contributed by atoms with Gasteiger partial charge in [-0.15, -0.1) is 0 Å². The Bertz CT molecular complexity index is 578. The summed E-state index contributed by atoms with van der Waals surface area (Å²) in [6.45, 7) is 4.50. The van der Waals surface area contributed by atoms with Crippen molar-refractivity contribution in [3.8, 4) is 11.5 Å². The maximum atomic E-state index is 12.2. The molecule has 0 radical (unpaired) electrons. The van der Waals surface area contributed by atoms with E-state index in [1.54, 1.807) is 12.0 Å². The van der Waals surface area contributed by atoms with Crippen LogP contribution in [-0.2, 0) is 0 Å². The third-order valence-electron chi connectivity index (χ3n) is 3.98. The maximum Gasteiger partial charge on any atom is 0.320 e. The van der Waals surface area contributed by atoms with Gasteiger partial charge in [0.25, 0.3) is 0 Å². The van der Waals surface area contributed by atoms with Crippen LogP contribution in [0.2, 0.25) is 0 Å². The van der Waals surface area contributed by atoms with E-state index >= 15 is 0 Å². The fourth-order valence-electron chi connectivity index (χ4n) is 3.07. The number of carbonyl (C=O) groups excluding carboxylic acids is 1. The molecule has 0 spiro atoms. The molecular formula is C14H17BrN2O3. The van der Waals surface area contributed by atoms with Crippen molar-refractivity contribution >= 4 is 22.0 Å². The van der Waals surface area contributed by atoms with Crippen LogP contribution >= 0.6 is 15.9 Å². The standard InChI is InChI=1S/C14H17BrN2O3/c1-4-17-13(18)16-10-7-14(17,2)20-12-9(10)5-8(15)6-11(12)19-3/h5-6,10H,4,7H2,1-3H3,(H,16,18). The van der Waals surface area contributed by atoms with Crippen LogP contribution in [0.4, 0.5) is 4.79 Å². The predicted octanol–water partition coefficient (Wildman–Crippen LogP) is 3.04. The highest BCUT2D eigenvalue weighted by molar-refractivity contribution is 9.10. The average Bonchev–Trinajstić information content (AvgIpc) is 2.38. The molecule has 2 atom stereocenters. The molecule has 0 aromatic heterocycles. The normalized spacial score (nSPS) is 27.5. The summed E-state index contributed by atoms with van der Waals surface area (Å²) < 4.78 is 12.5. The minimum Gasteiger partial charge on any atom is -0.493 e. The zero-order valence-corrected chi connectivity index (χ0v) is 13.3. The third kappa shape index (κ3) is 1.85. The second-order valence-corrected chi connectivity index (χ2v) is 6.17. The molecule has 20 heavy (non-hydrogen) atoms. The number of halogens is 1. The first kappa shape index (κ1) is 13.5. The monoisotopic (exact) mass is 340 g/mol. The number of nitrogens with zero attached hydrogens (tertiary/aromatic N) is 1. The molecule has 0 saturated carbocycles. The molecule has 1 aromatic carbocycles. The van der Waals surface area contributed by atoms with Crippen molar-refractivity contribution in [1.82, 2.24) is 10.2 Å². The number of amides is 2. The van der Waals surface area contributed by atoms with Gasteiger partial charge >= 0.3 is 6.03 Å². The maximum absolute atomic E-state index is 12.2. The lowest BCUT2D eigenvalue weighted by Gasteiger charge is -2.50. The Balaban J connectivity index is 2.14. The van der Waals surface area contributed by atoms with E-state index < -0.39 is 5.72 Å². The highest BCUT2D eigenvalue weighted by Gasteiger charge is 2.49. The van der Waals surface area contributed by atoms with Gasteiger partial charge in [-0.3, -0.25) is 4.90 Å². The van der Waals surface area contributed by atoms with Crippen molar-refractivity contribution in [2.75, 3.05) is 13.7 Å². The summed E-state index contributed by atoms with van der Waals surface area (Å²) in [6.07, 6.45) is 0.721. The molecule has 0 aliphatic carbocycles. The quantitative estimate of drug-likeness (QED) is 0.900. The van der Waals surface area contributed by atoms with Crippen molar-refractivity contribution in [3.05, 3.63) is 22.2 Å². The Morgan fingerprint density at radius 2 is 2.35 bits per heavy atom. The first-order valence-electron chi connectivity index (χ1n) is 6.63. The second-order valence-electron chi connectivity index (χ2n) is 5.25. The van der Waals surface area contributed by atoms with Crippen molar-refractivity contribution in [2.24, 2.45) is 0 Å². The average molecular weight is 341 g/mol. The molecule has 2 bridgehead atoms. The van der Waals surface area contributed by atoms with Crippen molar-refractivity contribution in [3.63, 3.8) is 0 Å². The van der Waals surface area contributed by atoms with Crippen molar-refractivity contribution in [2.45, 2.75) is 32.0 Å². The molecule has 2 unspecified atom stereocenters. The van der Waals surface area contributed by atoms with Crippen LogP contribution in [0.5, 0.6) is 11.5 Å². The lowest BCUT2D eigenvalue weighted by Crippen LogP contribution is -2.64. The number of fused-ring (bicyclic) bond motifs is 4. The Morgan fingerprint density at radius 1 is 1.60 bits per heavy atom. The summed E-state index contributed by atoms with van der Waals surface area (Å²) in [5, 5.41) is 3.04. The minimum atomic E-state index is -0.629. The Morgan fingerprint density at radius 3 is 3.00 bits per heavy atom. The molecule has 1 fully saturated rings. The number of benzene rings is 1. The van der Waals surface area contributed by atoms with Gasteiger partial charge in [0, 0.05) is 23.0 Å². The molecule has 3 rings (SSSR count). The minimum absolute atomic E-state index is 0.0505. The SMILES string of the molecule is CCN1C(=O)NC2CC1(C)Oc1c(OC)cc(Br)cc12. The molecule has 5 nitrogen and oxygen atoms in total. The van der Waals surface area contributed by atoms with E-state index in [1.165, 1.54) is 0 Å². The first-order valence-corrected chi connectivity index (χ1v) is 7.42. The van der Waals surface area contributed by atoms with Crippen LogP contribution in [0.25, 0.3) is 0 Å². The summed E-state index contributed by atoms with van der Waals surface area (Å²) in [5.74, 6) is 1.39. The molecule has 2 heterocycles. The highest BCUT2D eigenvalue weighted by Crippen LogP contribution is 2.49. The number of hydrogen-bond acceptors (Lipinski definition) is 3. The van der Waals surface area contributed by atoms with Gasteiger partial charge in [-0.25, -0.2) is 4.79 Å². The third-order valence-corrected chi connectivity index (χ3v) is 4.44. The predicted molar refractivity (Wildman–Crippen MR) is 78.0 cm³/mol. The summed E-state index contributed by atoms with van der Waals surface area (Å²) >= 11 is 3.47. The van der Waals surface area contributed by atoms with E-state index in [9.17, 15) is 4.79 Å². The molecule has 1 saturated heterocycles. The van der Waals surface area contributed by atoms with Gasteiger partial charge in [-0.05, 0) is 26.0 Å². The Kier molecular flexibility index (Phi) is 3.08. The van der Waals surface area contributed by atoms with Gasteiger partial charge in [-0.1, -0.05) is 15.9 Å². The van der Waals surface area contributed by atoms with Crippen molar-refractivity contribution < 1.29 is 14.3 Å². The van der Waals surface area contributed by atoms with Crippen LogP contribution in [0.15, 0.2) is 16.6 Å². The Hall–Kier alpha value is -1.43. The molecular weight excluding hydrogens is 324 g/mol. The van der Waals surface area contributed by atoms with Crippen molar-refractivity contribution in [1.29, 1.82) is 0 Å². The number of hydrogen-bond donors (Lipinski definition) is 1. The van der Waals surface area contributed by atoms with Gasteiger partial charge in [0.05, 0.1) is 13.2 Å². The Labute approximate surface area is 126 Å². The molecule has 108 valence electrons. The molecule has 6 heteroatoms. The van der Waals surface area contributed by atoms with E-state index in [4.69, 9.17) is 9.47 Å². The molecule has 2 aliphatic heterocycles. The zero-order valence-electron chi connectivity index (χ0n) is 11.7. The van der Waals surface area contributed by atoms with Crippen LogP contribution in [-0.4, -0.2) is 30.3 Å². The number of carbonyl (C=O) groups is 1. The lowest BCUT2D eigenvalue weighted by molar-refractivity contribution is -0.0828. The van der Waals surface area contributed by atoms with Crippen LogP contribution in [0, 0.1) is 0 Å². The summed E-state index contributed by atoms with van der Waals surface area (Å²) in [4.78, 5) is 13.9. The second kappa shape index (κ2) is 4.55. The van der Waals surface area contributed by atoms with E-state index in [0.717, 1.165) is 16.5 Å². The molecule has 1 N–H and O–H groups in total. The molecule has 1 aromatic rings. The summed E-state index contributed by atoms with van der Waals surface area (Å²) in [5.41, 5.74) is 0.327. The van der Waals surface area contributed by atoms with Gasteiger partial charge in [0.15, 0.2) is 17.2 Å². The first-order chi connectivity index (χ1) is 9.48. The van der Waals surface area contributed by atoms with Crippen LogP contribution < -0.4 is 14.8 Å². The topological polar surface area (TPSA) is 50.8 Å². The highest BCUT2D eigenvalue weighted by atomic mass is 79.9. The van der Waals surface area contributed by atoms with E-state index in [1.807, 2.05) is 26.0 Å². The van der Waals surface area contributed by atoms with Gasteiger partial charge in [0.1, 0.15) is 0 Å². The van der Waals surface area contributed by atoms with E-state index in [2.05, 4.69) is 21.2 Å². The van der Waals surface area contributed by atoms with Gasteiger partial charge < -0.3 is 14.8 Å². The fraction of sp³-hybridized carbons (Fsp3) is 0.500.